The van der Waals surface area contributed by atoms with Crippen LogP contribution in [0.5, 0.6) is 11.5 Å². The molecule has 1 N–H and O–H groups in total. The zero-order chi connectivity index (χ0) is 18.1. The van der Waals surface area contributed by atoms with Crippen molar-refractivity contribution < 1.29 is 9.47 Å². The quantitative estimate of drug-likeness (QED) is 0.758. The third-order valence-corrected chi connectivity index (χ3v) is 5.00. The van der Waals surface area contributed by atoms with Crippen molar-refractivity contribution in [3.05, 3.63) is 53.7 Å². The molecule has 3 aromatic rings. The summed E-state index contributed by atoms with van der Waals surface area (Å²) in [6, 6.07) is 12.6. The molecule has 0 saturated carbocycles. The Morgan fingerprint density at radius 1 is 1.08 bits per heavy atom. The van der Waals surface area contributed by atoms with Gasteiger partial charge in [0.15, 0.2) is 11.5 Å². The van der Waals surface area contributed by atoms with E-state index in [1.807, 2.05) is 25.4 Å². The fourth-order valence-corrected chi connectivity index (χ4v) is 3.63. The fourth-order valence-electron chi connectivity index (χ4n) is 3.63. The summed E-state index contributed by atoms with van der Waals surface area (Å²) in [5.74, 6) is 1.44. The van der Waals surface area contributed by atoms with E-state index in [4.69, 9.17) is 9.47 Å². The number of methoxy groups -OCH3 is 2. The van der Waals surface area contributed by atoms with Crippen LogP contribution in [-0.2, 0) is 13.0 Å². The van der Waals surface area contributed by atoms with Gasteiger partial charge in [0.2, 0.25) is 0 Å². The highest BCUT2D eigenvalue weighted by Crippen LogP contribution is 2.40. The summed E-state index contributed by atoms with van der Waals surface area (Å²) in [6.07, 6.45) is 3.01. The number of benzene rings is 2. The standard InChI is InChI=1S/C21H23N3O2/c1-22-16-6-4-14(5-7-16)13-24-9-8-15-12-23-18-11-20(26-3)19(25-2)10-17(18)21(15)24/h4-7,10-12,22H,8-9,13H2,1-3H3. The zero-order valence-electron chi connectivity index (χ0n) is 15.4. The van der Waals surface area contributed by atoms with Gasteiger partial charge in [0.25, 0.3) is 0 Å². The van der Waals surface area contributed by atoms with E-state index in [0.29, 0.717) is 5.75 Å². The smallest absolute Gasteiger partial charge is 0.162 e. The third kappa shape index (κ3) is 2.79. The first kappa shape index (κ1) is 16.5. The van der Waals surface area contributed by atoms with E-state index in [9.17, 15) is 0 Å². The first-order valence-corrected chi connectivity index (χ1v) is 8.78. The van der Waals surface area contributed by atoms with Crippen molar-refractivity contribution in [1.29, 1.82) is 0 Å². The molecule has 5 nitrogen and oxygen atoms in total. The molecule has 0 unspecified atom stereocenters. The molecule has 0 radical (unpaired) electrons. The summed E-state index contributed by atoms with van der Waals surface area (Å²) in [5.41, 5.74) is 5.90. The molecule has 2 aromatic carbocycles. The van der Waals surface area contributed by atoms with Gasteiger partial charge >= 0.3 is 0 Å². The van der Waals surface area contributed by atoms with E-state index in [1.165, 1.54) is 16.8 Å². The maximum Gasteiger partial charge on any atom is 0.162 e. The number of nitrogens with one attached hydrogen (secondary N) is 1. The molecule has 134 valence electrons. The van der Waals surface area contributed by atoms with Gasteiger partial charge < -0.3 is 19.7 Å². The number of hydrogen-bond acceptors (Lipinski definition) is 5. The third-order valence-electron chi connectivity index (χ3n) is 5.00. The predicted octanol–water partition coefficient (Wildman–Crippen LogP) is 3.86. The minimum atomic E-state index is 0.708. The van der Waals surface area contributed by atoms with Crippen LogP contribution in [0.3, 0.4) is 0 Å². The Morgan fingerprint density at radius 2 is 1.81 bits per heavy atom. The van der Waals surface area contributed by atoms with Gasteiger partial charge in [0.1, 0.15) is 0 Å². The Labute approximate surface area is 153 Å². The Kier molecular flexibility index (Phi) is 4.29. The Hall–Kier alpha value is -2.95. The van der Waals surface area contributed by atoms with Crippen LogP contribution < -0.4 is 19.7 Å². The van der Waals surface area contributed by atoms with Gasteiger partial charge in [-0.15, -0.1) is 0 Å². The van der Waals surface area contributed by atoms with Crippen molar-refractivity contribution in [3.63, 3.8) is 0 Å². The second-order valence-corrected chi connectivity index (χ2v) is 6.47. The summed E-state index contributed by atoms with van der Waals surface area (Å²) < 4.78 is 10.9. The molecule has 2 heterocycles. The van der Waals surface area contributed by atoms with E-state index in [0.717, 1.165) is 41.9 Å². The van der Waals surface area contributed by atoms with Gasteiger partial charge in [0.05, 0.1) is 25.4 Å². The van der Waals surface area contributed by atoms with Crippen molar-refractivity contribution in [1.82, 2.24) is 4.98 Å². The van der Waals surface area contributed by atoms with Crippen molar-refractivity contribution in [3.8, 4) is 11.5 Å². The van der Waals surface area contributed by atoms with Crippen LogP contribution in [0.2, 0.25) is 0 Å². The summed E-state index contributed by atoms with van der Waals surface area (Å²) in [7, 11) is 5.26. The normalized spacial score (nSPS) is 13.0. The molecule has 0 atom stereocenters. The minimum Gasteiger partial charge on any atom is -0.493 e. The lowest BCUT2D eigenvalue weighted by Gasteiger charge is -2.22. The number of ether oxygens (including phenoxy) is 2. The van der Waals surface area contributed by atoms with Crippen LogP contribution in [0.15, 0.2) is 42.6 Å². The molecule has 0 amide bonds. The van der Waals surface area contributed by atoms with Gasteiger partial charge in [-0.1, -0.05) is 12.1 Å². The second-order valence-electron chi connectivity index (χ2n) is 6.47. The highest BCUT2D eigenvalue weighted by molar-refractivity contribution is 5.96. The average molecular weight is 349 g/mol. The molecular weight excluding hydrogens is 326 g/mol. The molecule has 0 bridgehead atoms. The monoisotopic (exact) mass is 349 g/mol. The Bertz CT molecular complexity index is 938. The molecule has 0 aliphatic carbocycles. The van der Waals surface area contributed by atoms with E-state index in [1.54, 1.807) is 14.2 Å². The molecule has 0 spiro atoms. The van der Waals surface area contributed by atoms with Crippen LogP contribution in [0.25, 0.3) is 10.9 Å². The number of anilines is 2. The van der Waals surface area contributed by atoms with Crippen LogP contribution in [-0.4, -0.2) is 32.8 Å². The first-order chi connectivity index (χ1) is 12.7. The van der Waals surface area contributed by atoms with E-state index < -0.39 is 0 Å². The number of rotatable bonds is 5. The van der Waals surface area contributed by atoms with Crippen LogP contribution >= 0.6 is 0 Å². The lowest BCUT2D eigenvalue weighted by atomic mass is 10.1. The van der Waals surface area contributed by atoms with Crippen LogP contribution in [0, 0.1) is 0 Å². The molecular formula is C21H23N3O2. The average Bonchev–Trinajstić information content (AvgIpc) is 3.10. The molecule has 1 aromatic heterocycles. The zero-order valence-corrected chi connectivity index (χ0v) is 15.4. The first-order valence-electron chi connectivity index (χ1n) is 8.78. The molecule has 26 heavy (non-hydrogen) atoms. The Balaban J connectivity index is 1.75. The topological polar surface area (TPSA) is 46.6 Å². The lowest BCUT2D eigenvalue weighted by Crippen LogP contribution is -2.20. The molecule has 1 aliphatic heterocycles. The molecule has 4 rings (SSSR count). The maximum atomic E-state index is 5.50. The van der Waals surface area contributed by atoms with Gasteiger partial charge in [-0.2, -0.15) is 0 Å². The van der Waals surface area contributed by atoms with Crippen molar-refractivity contribution in [2.45, 2.75) is 13.0 Å². The second kappa shape index (κ2) is 6.75. The molecule has 1 aliphatic rings. The number of hydrogen-bond donors (Lipinski definition) is 1. The number of fused-ring (bicyclic) bond motifs is 3. The van der Waals surface area contributed by atoms with Gasteiger partial charge in [-0.25, -0.2) is 0 Å². The summed E-state index contributed by atoms with van der Waals surface area (Å²) in [6.45, 7) is 1.88. The summed E-state index contributed by atoms with van der Waals surface area (Å²) >= 11 is 0. The Morgan fingerprint density at radius 3 is 2.50 bits per heavy atom. The van der Waals surface area contributed by atoms with Crippen LogP contribution in [0.1, 0.15) is 11.1 Å². The van der Waals surface area contributed by atoms with E-state index in [-0.39, 0.29) is 0 Å². The van der Waals surface area contributed by atoms with Gasteiger partial charge in [-0.05, 0) is 35.7 Å². The minimum absolute atomic E-state index is 0.708. The lowest BCUT2D eigenvalue weighted by molar-refractivity contribution is 0.356. The van der Waals surface area contributed by atoms with Crippen molar-refractivity contribution in [2.75, 3.05) is 38.0 Å². The number of pyridine rings is 1. The molecule has 0 fully saturated rings. The molecule has 0 saturated heterocycles. The highest BCUT2D eigenvalue weighted by atomic mass is 16.5. The van der Waals surface area contributed by atoms with Crippen LogP contribution in [0.4, 0.5) is 11.4 Å². The predicted molar refractivity (Wildman–Crippen MR) is 106 cm³/mol. The number of aromatic nitrogens is 1. The van der Waals surface area contributed by atoms with Crippen molar-refractivity contribution >= 4 is 22.3 Å². The van der Waals surface area contributed by atoms with E-state index in [2.05, 4.69) is 39.5 Å². The summed E-state index contributed by atoms with van der Waals surface area (Å²) in [5, 5.41) is 4.28. The largest absolute Gasteiger partial charge is 0.493 e. The fraction of sp³-hybridized carbons (Fsp3) is 0.286. The van der Waals surface area contributed by atoms with Gasteiger partial charge in [-0.3, -0.25) is 4.98 Å². The highest BCUT2D eigenvalue weighted by Gasteiger charge is 2.23. The molecule has 5 heteroatoms. The van der Waals surface area contributed by atoms with Crippen molar-refractivity contribution in [2.24, 2.45) is 0 Å². The van der Waals surface area contributed by atoms with Gasteiger partial charge in [0, 0.05) is 43.5 Å². The maximum absolute atomic E-state index is 5.50. The summed E-state index contributed by atoms with van der Waals surface area (Å²) in [4.78, 5) is 7.06. The SMILES string of the molecule is CNc1ccc(CN2CCc3cnc4cc(OC)c(OC)cc4c32)cc1. The van der Waals surface area contributed by atoms with E-state index >= 15 is 0 Å². The number of nitrogens with zero attached hydrogens (tertiary/aromatic N) is 2.